The highest BCUT2D eigenvalue weighted by molar-refractivity contribution is 14.0. The van der Waals surface area contributed by atoms with Gasteiger partial charge in [0, 0.05) is 32.7 Å². The minimum atomic E-state index is -3.03. The van der Waals surface area contributed by atoms with E-state index in [0.29, 0.717) is 19.0 Å². The fraction of sp³-hybridized carbons (Fsp3) is 0.933. The molecule has 0 spiro atoms. The van der Waals surface area contributed by atoms with Crippen LogP contribution in [0.2, 0.25) is 0 Å². The van der Waals surface area contributed by atoms with Crippen LogP contribution in [-0.4, -0.2) is 57.7 Å². The lowest BCUT2D eigenvalue weighted by atomic mass is 9.86. The van der Waals surface area contributed by atoms with Gasteiger partial charge in [-0.05, 0) is 44.4 Å². The summed E-state index contributed by atoms with van der Waals surface area (Å²) in [6.07, 6.45) is 7.11. The molecule has 23 heavy (non-hydrogen) atoms. The van der Waals surface area contributed by atoms with E-state index < -0.39 is 10.0 Å². The summed E-state index contributed by atoms with van der Waals surface area (Å²) in [6.45, 7) is 6.01. The Morgan fingerprint density at radius 1 is 1.13 bits per heavy atom. The number of nitrogens with one attached hydrogen (secondary N) is 2. The summed E-state index contributed by atoms with van der Waals surface area (Å²) in [5.41, 5.74) is 0. The topological polar surface area (TPSA) is 73.8 Å². The third-order valence-corrected chi connectivity index (χ3v) is 5.98. The van der Waals surface area contributed by atoms with Gasteiger partial charge in [-0.3, -0.25) is 4.99 Å². The van der Waals surface area contributed by atoms with Crippen molar-refractivity contribution in [3.63, 3.8) is 0 Å². The first-order chi connectivity index (χ1) is 10.5. The molecule has 8 heteroatoms. The minimum Gasteiger partial charge on any atom is -0.357 e. The van der Waals surface area contributed by atoms with E-state index in [0.717, 1.165) is 44.4 Å². The highest BCUT2D eigenvalue weighted by Gasteiger charge is 2.24. The molecule has 0 bridgehead atoms. The average molecular weight is 458 g/mol. The minimum absolute atomic E-state index is 0. The Morgan fingerprint density at radius 2 is 1.78 bits per heavy atom. The second-order valence-corrected chi connectivity index (χ2v) is 8.49. The van der Waals surface area contributed by atoms with E-state index in [1.54, 1.807) is 4.31 Å². The second-order valence-electron chi connectivity index (χ2n) is 6.50. The van der Waals surface area contributed by atoms with Crippen LogP contribution in [0.5, 0.6) is 0 Å². The van der Waals surface area contributed by atoms with E-state index in [9.17, 15) is 8.42 Å². The lowest BCUT2D eigenvalue weighted by Gasteiger charge is -2.30. The molecular formula is C15H31IN4O2S. The van der Waals surface area contributed by atoms with E-state index in [2.05, 4.69) is 22.5 Å². The summed E-state index contributed by atoms with van der Waals surface area (Å²) in [7, 11) is -3.03. The van der Waals surface area contributed by atoms with E-state index in [4.69, 9.17) is 0 Å². The number of halogens is 1. The van der Waals surface area contributed by atoms with Gasteiger partial charge in [-0.1, -0.05) is 6.42 Å². The van der Waals surface area contributed by atoms with Gasteiger partial charge < -0.3 is 10.6 Å². The Balaban J connectivity index is 0.00000264. The summed E-state index contributed by atoms with van der Waals surface area (Å²) in [5, 5.41) is 6.71. The highest BCUT2D eigenvalue weighted by Crippen LogP contribution is 2.26. The molecular weight excluding hydrogens is 427 g/mol. The number of hydrogen-bond donors (Lipinski definition) is 2. The first-order valence-corrected chi connectivity index (χ1v) is 10.3. The first kappa shape index (κ1) is 21.0. The van der Waals surface area contributed by atoms with E-state index in [1.165, 1.54) is 25.5 Å². The molecule has 1 aliphatic heterocycles. The zero-order valence-electron chi connectivity index (χ0n) is 14.3. The van der Waals surface area contributed by atoms with Crippen molar-refractivity contribution in [2.24, 2.45) is 16.8 Å². The van der Waals surface area contributed by atoms with Crippen molar-refractivity contribution in [2.75, 3.05) is 39.0 Å². The molecule has 1 saturated heterocycles. The molecule has 136 valence electrons. The SMILES string of the molecule is CCNC(=NCC1CCC1)NCC1CCN(S(C)(=O)=O)CC1.I. The van der Waals surface area contributed by atoms with Crippen LogP contribution in [0.1, 0.15) is 39.0 Å². The van der Waals surface area contributed by atoms with Crippen LogP contribution in [0.25, 0.3) is 0 Å². The first-order valence-electron chi connectivity index (χ1n) is 8.46. The largest absolute Gasteiger partial charge is 0.357 e. The number of nitrogens with zero attached hydrogens (tertiary/aromatic N) is 2. The number of guanidine groups is 1. The van der Waals surface area contributed by atoms with Crippen LogP contribution < -0.4 is 10.6 Å². The van der Waals surface area contributed by atoms with Gasteiger partial charge in [0.25, 0.3) is 0 Å². The van der Waals surface area contributed by atoms with Crippen LogP contribution in [0.4, 0.5) is 0 Å². The summed E-state index contributed by atoms with van der Waals surface area (Å²) in [6, 6.07) is 0. The van der Waals surface area contributed by atoms with Crippen LogP contribution in [-0.2, 0) is 10.0 Å². The fourth-order valence-corrected chi connectivity index (χ4v) is 3.80. The maximum atomic E-state index is 11.5. The Kier molecular flexibility index (Phi) is 9.13. The van der Waals surface area contributed by atoms with Crippen LogP contribution in [0, 0.1) is 11.8 Å². The van der Waals surface area contributed by atoms with Crippen molar-refractivity contribution in [1.29, 1.82) is 0 Å². The van der Waals surface area contributed by atoms with Crippen LogP contribution in [0.3, 0.4) is 0 Å². The third kappa shape index (κ3) is 7.13. The molecule has 0 amide bonds. The lowest BCUT2D eigenvalue weighted by Crippen LogP contribution is -2.44. The normalized spacial score (nSPS) is 21.4. The number of piperidine rings is 1. The predicted molar refractivity (Wildman–Crippen MR) is 106 cm³/mol. The maximum Gasteiger partial charge on any atom is 0.211 e. The lowest BCUT2D eigenvalue weighted by molar-refractivity contribution is 0.274. The molecule has 2 fully saturated rings. The van der Waals surface area contributed by atoms with Gasteiger partial charge in [-0.15, -0.1) is 24.0 Å². The number of sulfonamides is 1. The standard InChI is InChI=1S/C15H30N4O2S.HI/c1-3-16-15(17-11-13-5-4-6-13)18-12-14-7-9-19(10-8-14)22(2,20)21;/h13-14H,3-12H2,1-2H3,(H2,16,17,18);1H. The van der Waals surface area contributed by atoms with E-state index in [1.807, 2.05) is 0 Å². The van der Waals surface area contributed by atoms with Gasteiger partial charge in [-0.2, -0.15) is 0 Å². The van der Waals surface area contributed by atoms with Gasteiger partial charge in [0.2, 0.25) is 10.0 Å². The molecule has 0 aromatic carbocycles. The van der Waals surface area contributed by atoms with Crippen molar-refractivity contribution in [3.05, 3.63) is 0 Å². The van der Waals surface area contributed by atoms with Gasteiger partial charge in [-0.25, -0.2) is 12.7 Å². The summed E-state index contributed by atoms with van der Waals surface area (Å²) in [5.74, 6) is 2.19. The van der Waals surface area contributed by atoms with Crippen molar-refractivity contribution in [1.82, 2.24) is 14.9 Å². The van der Waals surface area contributed by atoms with E-state index >= 15 is 0 Å². The van der Waals surface area contributed by atoms with Crippen molar-refractivity contribution in [2.45, 2.75) is 39.0 Å². The molecule has 2 aliphatic rings. The van der Waals surface area contributed by atoms with Gasteiger partial charge in [0.1, 0.15) is 0 Å². The molecule has 2 rings (SSSR count). The maximum absolute atomic E-state index is 11.5. The van der Waals surface area contributed by atoms with Gasteiger partial charge >= 0.3 is 0 Å². The smallest absolute Gasteiger partial charge is 0.211 e. The molecule has 0 atom stereocenters. The molecule has 0 aromatic rings. The molecule has 1 heterocycles. The second kappa shape index (κ2) is 10.0. The molecule has 2 N–H and O–H groups in total. The zero-order valence-corrected chi connectivity index (χ0v) is 17.4. The number of hydrogen-bond acceptors (Lipinski definition) is 3. The quantitative estimate of drug-likeness (QED) is 0.361. The molecule has 1 saturated carbocycles. The van der Waals surface area contributed by atoms with Crippen molar-refractivity contribution in [3.8, 4) is 0 Å². The van der Waals surface area contributed by atoms with Crippen molar-refractivity contribution >= 4 is 40.0 Å². The van der Waals surface area contributed by atoms with E-state index in [-0.39, 0.29) is 24.0 Å². The van der Waals surface area contributed by atoms with Gasteiger partial charge in [0.05, 0.1) is 6.26 Å². The fourth-order valence-electron chi connectivity index (χ4n) is 2.92. The third-order valence-electron chi connectivity index (χ3n) is 4.68. The molecule has 6 nitrogen and oxygen atoms in total. The van der Waals surface area contributed by atoms with Crippen LogP contribution in [0.15, 0.2) is 4.99 Å². The van der Waals surface area contributed by atoms with Crippen molar-refractivity contribution < 1.29 is 8.42 Å². The Labute approximate surface area is 157 Å². The molecule has 0 radical (unpaired) electrons. The summed E-state index contributed by atoms with van der Waals surface area (Å²) in [4.78, 5) is 4.66. The molecule has 1 aliphatic carbocycles. The summed E-state index contributed by atoms with van der Waals surface area (Å²) >= 11 is 0. The monoisotopic (exact) mass is 458 g/mol. The Hall–Kier alpha value is -0.0900. The average Bonchev–Trinajstić information content (AvgIpc) is 2.42. The summed E-state index contributed by atoms with van der Waals surface area (Å²) < 4.78 is 24.6. The van der Waals surface area contributed by atoms with Crippen LogP contribution >= 0.6 is 24.0 Å². The molecule has 0 unspecified atom stereocenters. The number of rotatable bonds is 6. The zero-order chi connectivity index (χ0) is 16.0. The number of aliphatic imine (C=N–C) groups is 1. The predicted octanol–water partition coefficient (Wildman–Crippen LogP) is 1.63. The Bertz CT molecular complexity index is 472. The Morgan fingerprint density at radius 3 is 2.26 bits per heavy atom. The molecule has 0 aromatic heterocycles. The van der Waals surface area contributed by atoms with Gasteiger partial charge in [0.15, 0.2) is 5.96 Å². The highest BCUT2D eigenvalue weighted by atomic mass is 127.